The molecule has 3 rings (SSSR count). The number of benzene rings is 1. The van der Waals surface area contributed by atoms with Crippen molar-refractivity contribution in [1.82, 2.24) is 9.47 Å². The molecule has 0 saturated carbocycles. The molecule has 2 aromatic rings. The summed E-state index contributed by atoms with van der Waals surface area (Å²) in [5, 5.41) is 0. The third-order valence-electron chi connectivity index (χ3n) is 4.14. The van der Waals surface area contributed by atoms with Crippen LogP contribution in [0.25, 0.3) is 5.69 Å². The lowest BCUT2D eigenvalue weighted by molar-refractivity contribution is -0.137. The molecule has 1 fully saturated rings. The standard InChI is InChI=1S/C17H19F3N2/c18-17(19,20)15-8-2-3-9-16(15)22-12-6-7-14(22)13-21-10-4-1-5-11-21/h2-3,6-9,12H,1,4-5,10-11,13H2. The zero-order valence-corrected chi connectivity index (χ0v) is 12.3. The highest BCUT2D eigenvalue weighted by Crippen LogP contribution is 2.34. The number of rotatable bonds is 3. The summed E-state index contributed by atoms with van der Waals surface area (Å²) in [5.41, 5.74) is 0.511. The van der Waals surface area contributed by atoms with Gasteiger partial charge in [0.25, 0.3) is 0 Å². The summed E-state index contributed by atoms with van der Waals surface area (Å²) in [7, 11) is 0. The minimum Gasteiger partial charge on any atom is -0.319 e. The molecule has 0 aliphatic carbocycles. The topological polar surface area (TPSA) is 8.17 Å². The molecule has 1 aliphatic heterocycles. The van der Waals surface area contributed by atoms with Crippen molar-refractivity contribution in [2.24, 2.45) is 0 Å². The fourth-order valence-corrected chi connectivity index (χ4v) is 3.05. The van der Waals surface area contributed by atoms with E-state index in [1.807, 2.05) is 12.1 Å². The molecule has 0 unspecified atom stereocenters. The Kier molecular flexibility index (Phi) is 4.25. The molecule has 22 heavy (non-hydrogen) atoms. The number of para-hydroxylation sites is 1. The number of likely N-dealkylation sites (tertiary alicyclic amines) is 1. The minimum absolute atomic E-state index is 0.201. The summed E-state index contributed by atoms with van der Waals surface area (Å²) >= 11 is 0. The molecule has 1 aromatic heterocycles. The molecule has 1 saturated heterocycles. The summed E-state index contributed by atoms with van der Waals surface area (Å²) < 4.78 is 41.3. The van der Waals surface area contributed by atoms with Crippen LogP contribution in [0.15, 0.2) is 42.6 Å². The van der Waals surface area contributed by atoms with Crippen molar-refractivity contribution in [3.05, 3.63) is 53.9 Å². The third kappa shape index (κ3) is 3.19. The third-order valence-corrected chi connectivity index (χ3v) is 4.14. The van der Waals surface area contributed by atoms with E-state index in [4.69, 9.17) is 0 Å². The Morgan fingerprint density at radius 2 is 1.64 bits per heavy atom. The second-order valence-corrected chi connectivity index (χ2v) is 5.72. The second kappa shape index (κ2) is 6.16. The predicted molar refractivity (Wildman–Crippen MR) is 79.9 cm³/mol. The summed E-state index contributed by atoms with van der Waals surface area (Å²) in [4.78, 5) is 2.31. The van der Waals surface area contributed by atoms with Gasteiger partial charge in [-0.2, -0.15) is 13.2 Å². The van der Waals surface area contributed by atoms with Crippen LogP contribution in [0.5, 0.6) is 0 Å². The van der Waals surface area contributed by atoms with E-state index in [1.165, 1.54) is 31.4 Å². The quantitative estimate of drug-likeness (QED) is 0.811. The van der Waals surface area contributed by atoms with Crippen LogP contribution in [0.3, 0.4) is 0 Å². The van der Waals surface area contributed by atoms with Gasteiger partial charge in [0.05, 0.1) is 11.3 Å². The van der Waals surface area contributed by atoms with E-state index in [0.29, 0.717) is 6.54 Å². The van der Waals surface area contributed by atoms with Crippen LogP contribution in [0.4, 0.5) is 13.2 Å². The van der Waals surface area contributed by atoms with Crippen molar-refractivity contribution < 1.29 is 13.2 Å². The highest BCUT2D eigenvalue weighted by Gasteiger charge is 2.33. The lowest BCUT2D eigenvalue weighted by Gasteiger charge is -2.27. The smallest absolute Gasteiger partial charge is 0.319 e. The van der Waals surface area contributed by atoms with E-state index in [1.54, 1.807) is 16.8 Å². The van der Waals surface area contributed by atoms with E-state index in [2.05, 4.69) is 4.90 Å². The van der Waals surface area contributed by atoms with Crippen molar-refractivity contribution in [2.75, 3.05) is 13.1 Å². The first-order chi connectivity index (χ1) is 10.6. The van der Waals surface area contributed by atoms with Gasteiger partial charge >= 0.3 is 6.18 Å². The monoisotopic (exact) mass is 308 g/mol. The number of piperidine rings is 1. The average Bonchev–Trinajstić information content (AvgIpc) is 2.95. The number of halogens is 3. The van der Waals surface area contributed by atoms with Crippen LogP contribution in [-0.4, -0.2) is 22.6 Å². The lowest BCUT2D eigenvalue weighted by Crippen LogP contribution is -2.30. The van der Waals surface area contributed by atoms with Gasteiger partial charge in [0.15, 0.2) is 0 Å². The van der Waals surface area contributed by atoms with Gasteiger partial charge in [-0.1, -0.05) is 18.6 Å². The van der Waals surface area contributed by atoms with Crippen molar-refractivity contribution in [2.45, 2.75) is 32.0 Å². The normalized spacial score (nSPS) is 16.9. The number of nitrogens with zero attached hydrogens (tertiary/aromatic N) is 2. The van der Waals surface area contributed by atoms with Crippen molar-refractivity contribution >= 4 is 0 Å². The van der Waals surface area contributed by atoms with Gasteiger partial charge in [0, 0.05) is 18.4 Å². The number of hydrogen-bond acceptors (Lipinski definition) is 1. The number of alkyl halides is 3. The number of aromatic nitrogens is 1. The molecular weight excluding hydrogens is 289 g/mol. The Morgan fingerprint density at radius 1 is 0.909 bits per heavy atom. The fraction of sp³-hybridized carbons (Fsp3) is 0.412. The van der Waals surface area contributed by atoms with Gasteiger partial charge in [-0.05, 0) is 50.2 Å². The number of hydrogen-bond donors (Lipinski definition) is 0. The molecule has 0 N–H and O–H groups in total. The molecule has 1 aliphatic rings. The largest absolute Gasteiger partial charge is 0.418 e. The molecule has 118 valence electrons. The molecule has 0 radical (unpaired) electrons. The first kappa shape index (κ1) is 15.2. The minimum atomic E-state index is -4.34. The summed E-state index contributed by atoms with van der Waals surface area (Å²) in [6, 6.07) is 9.46. The molecule has 0 amide bonds. The van der Waals surface area contributed by atoms with Crippen LogP contribution < -0.4 is 0 Å². The van der Waals surface area contributed by atoms with E-state index in [-0.39, 0.29) is 5.69 Å². The van der Waals surface area contributed by atoms with E-state index >= 15 is 0 Å². The van der Waals surface area contributed by atoms with E-state index in [9.17, 15) is 13.2 Å². The molecule has 1 aromatic carbocycles. The van der Waals surface area contributed by atoms with Gasteiger partial charge in [-0.3, -0.25) is 4.90 Å². The lowest BCUT2D eigenvalue weighted by atomic mass is 10.1. The van der Waals surface area contributed by atoms with Crippen molar-refractivity contribution in [3.8, 4) is 5.69 Å². The average molecular weight is 308 g/mol. The summed E-state index contributed by atoms with van der Waals surface area (Å²) in [5.74, 6) is 0. The van der Waals surface area contributed by atoms with Gasteiger partial charge in [-0.15, -0.1) is 0 Å². The molecule has 0 atom stereocenters. The van der Waals surface area contributed by atoms with E-state index < -0.39 is 11.7 Å². The molecule has 0 bridgehead atoms. The van der Waals surface area contributed by atoms with Crippen molar-refractivity contribution in [3.63, 3.8) is 0 Å². The van der Waals surface area contributed by atoms with Gasteiger partial charge < -0.3 is 4.57 Å². The first-order valence-electron chi connectivity index (χ1n) is 7.61. The molecule has 2 nitrogen and oxygen atoms in total. The maximum absolute atomic E-state index is 13.2. The van der Waals surface area contributed by atoms with Crippen LogP contribution in [-0.2, 0) is 12.7 Å². The van der Waals surface area contributed by atoms with Crippen LogP contribution in [0.1, 0.15) is 30.5 Å². The molecular formula is C17H19F3N2. The summed E-state index contributed by atoms with van der Waals surface area (Å²) in [6.07, 6.45) is 0.946. The fourth-order valence-electron chi connectivity index (χ4n) is 3.05. The molecule has 0 spiro atoms. The Labute approximate surface area is 128 Å². The summed E-state index contributed by atoms with van der Waals surface area (Å²) in [6.45, 7) is 2.73. The van der Waals surface area contributed by atoms with Gasteiger partial charge in [-0.25, -0.2) is 0 Å². The Balaban J connectivity index is 1.92. The van der Waals surface area contributed by atoms with E-state index in [0.717, 1.165) is 24.8 Å². The Bertz CT molecular complexity index is 625. The molecule has 5 heteroatoms. The zero-order valence-electron chi connectivity index (χ0n) is 12.3. The highest BCUT2D eigenvalue weighted by molar-refractivity contribution is 5.44. The maximum atomic E-state index is 13.2. The molecule has 2 heterocycles. The Morgan fingerprint density at radius 3 is 2.36 bits per heavy atom. The van der Waals surface area contributed by atoms with Crippen LogP contribution in [0, 0.1) is 0 Å². The van der Waals surface area contributed by atoms with Crippen LogP contribution >= 0.6 is 0 Å². The first-order valence-corrected chi connectivity index (χ1v) is 7.61. The Hall–Kier alpha value is -1.75. The van der Waals surface area contributed by atoms with Crippen LogP contribution in [0.2, 0.25) is 0 Å². The van der Waals surface area contributed by atoms with Crippen molar-refractivity contribution in [1.29, 1.82) is 0 Å². The predicted octanol–water partition coefficient (Wildman–Crippen LogP) is 4.48. The van der Waals surface area contributed by atoms with Gasteiger partial charge in [0.2, 0.25) is 0 Å². The SMILES string of the molecule is FC(F)(F)c1ccccc1-n1cccc1CN1CCCCC1. The zero-order chi connectivity index (χ0) is 15.6. The highest BCUT2D eigenvalue weighted by atomic mass is 19.4. The maximum Gasteiger partial charge on any atom is 0.418 e. The van der Waals surface area contributed by atoms with Gasteiger partial charge in [0.1, 0.15) is 0 Å². The second-order valence-electron chi connectivity index (χ2n) is 5.72.